The van der Waals surface area contributed by atoms with E-state index in [1.807, 2.05) is 13.8 Å². The molecule has 0 saturated heterocycles. The van der Waals surface area contributed by atoms with Crippen LogP contribution in [0.3, 0.4) is 0 Å². The van der Waals surface area contributed by atoms with E-state index in [1.54, 1.807) is 19.9 Å². The predicted molar refractivity (Wildman–Crippen MR) is 88.4 cm³/mol. The lowest BCUT2D eigenvalue weighted by Gasteiger charge is -2.51. The largest absolute Gasteiger partial charge is 0.513 e. The van der Waals surface area contributed by atoms with E-state index in [1.165, 1.54) is 6.08 Å². The Morgan fingerprint density at radius 1 is 1.16 bits per heavy atom. The summed E-state index contributed by atoms with van der Waals surface area (Å²) in [5, 5.41) is 55.1. The fraction of sp³-hybridized carbons (Fsp3) is 0.737. The number of carbonyl (C=O) groups excluding carboxylic acids is 1. The first-order valence-electron chi connectivity index (χ1n) is 8.82. The monoisotopic (exact) mass is 350 g/mol. The van der Waals surface area contributed by atoms with Gasteiger partial charge in [-0.3, -0.25) is 4.79 Å². The van der Waals surface area contributed by atoms with Crippen LogP contribution in [0.5, 0.6) is 0 Å². The lowest BCUT2D eigenvalue weighted by molar-refractivity contribution is -0.209. The molecular formula is C19H26O6. The molecule has 6 heteroatoms. The Hall–Kier alpha value is -1.21. The fourth-order valence-electron chi connectivity index (χ4n) is 6.22. The zero-order valence-corrected chi connectivity index (χ0v) is 14.9. The highest BCUT2D eigenvalue weighted by molar-refractivity contribution is 6.04. The maximum atomic E-state index is 12.6. The fourth-order valence-corrected chi connectivity index (χ4v) is 6.22. The van der Waals surface area contributed by atoms with Crippen LogP contribution in [0.1, 0.15) is 34.1 Å². The summed E-state index contributed by atoms with van der Waals surface area (Å²) in [5.41, 5.74) is -5.28. The number of hydrogen-bond acceptors (Lipinski definition) is 6. The van der Waals surface area contributed by atoms with Crippen LogP contribution < -0.4 is 0 Å². The summed E-state index contributed by atoms with van der Waals surface area (Å²) >= 11 is 0. The van der Waals surface area contributed by atoms with Gasteiger partial charge in [-0.1, -0.05) is 26.8 Å². The summed E-state index contributed by atoms with van der Waals surface area (Å²) in [6.45, 7) is 6.85. The van der Waals surface area contributed by atoms with E-state index in [-0.39, 0.29) is 12.2 Å². The van der Waals surface area contributed by atoms with E-state index in [2.05, 4.69) is 0 Å². The van der Waals surface area contributed by atoms with Crippen molar-refractivity contribution in [1.82, 2.24) is 0 Å². The van der Waals surface area contributed by atoms with Crippen LogP contribution in [0.25, 0.3) is 0 Å². The van der Waals surface area contributed by atoms with Crippen molar-refractivity contribution in [2.75, 3.05) is 0 Å². The van der Waals surface area contributed by atoms with Crippen molar-refractivity contribution in [2.24, 2.45) is 29.1 Å². The molecule has 0 unspecified atom stereocenters. The van der Waals surface area contributed by atoms with Crippen LogP contribution in [0.2, 0.25) is 0 Å². The summed E-state index contributed by atoms with van der Waals surface area (Å²) in [7, 11) is 0. The second-order valence-corrected chi connectivity index (χ2v) is 9.09. The topological polar surface area (TPSA) is 118 Å². The molecular weight excluding hydrogens is 324 g/mol. The summed E-state index contributed by atoms with van der Waals surface area (Å²) in [4.78, 5) is 12.6. The molecule has 25 heavy (non-hydrogen) atoms. The standard InChI is InChI=1S/C19H26O6/c1-8-5-12-17(23,14(8)21)7-10(20)6-11-13-16(3,4)19(13,25)15(22)9(2)18(11,12)24/h5-6,9,11-13,15,20,22-25H,7H2,1-4H3/t9-,11+,12-,13-,15-,17-,18-,19-/m1/s1. The van der Waals surface area contributed by atoms with Crippen LogP contribution in [0.4, 0.5) is 0 Å². The van der Waals surface area contributed by atoms with Crippen molar-refractivity contribution in [1.29, 1.82) is 0 Å². The predicted octanol–water partition coefficient (Wildman–Crippen LogP) is 0.453. The van der Waals surface area contributed by atoms with E-state index in [9.17, 15) is 30.3 Å². The molecule has 2 saturated carbocycles. The Kier molecular flexibility index (Phi) is 3.01. The van der Waals surface area contributed by atoms with Crippen molar-refractivity contribution >= 4 is 5.78 Å². The molecule has 0 aliphatic heterocycles. The number of aliphatic hydroxyl groups is 5. The zero-order valence-electron chi connectivity index (χ0n) is 14.9. The van der Waals surface area contributed by atoms with E-state index in [4.69, 9.17) is 0 Å². The zero-order chi connectivity index (χ0) is 18.7. The van der Waals surface area contributed by atoms with Crippen molar-refractivity contribution in [3.8, 4) is 0 Å². The molecule has 8 atom stereocenters. The number of rotatable bonds is 0. The van der Waals surface area contributed by atoms with Gasteiger partial charge in [-0.25, -0.2) is 0 Å². The van der Waals surface area contributed by atoms with Crippen LogP contribution in [-0.2, 0) is 4.79 Å². The molecule has 0 aromatic heterocycles. The number of ketones is 1. The van der Waals surface area contributed by atoms with E-state index in [0.717, 1.165) is 0 Å². The first-order chi connectivity index (χ1) is 11.3. The maximum absolute atomic E-state index is 12.6. The molecule has 0 bridgehead atoms. The molecule has 5 N–H and O–H groups in total. The van der Waals surface area contributed by atoms with Gasteiger partial charge < -0.3 is 25.5 Å². The SMILES string of the molecule is CC1=C[C@H]2[C@@]3(O)[C@H](C)[C@@H](O)[C@]4(O)[C@H]([C@@H]3C=C(O)C[C@]2(O)C1=O)C4(C)C. The van der Waals surface area contributed by atoms with E-state index >= 15 is 0 Å². The van der Waals surface area contributed by atoms with Gasteiger partial charge in [-0.05, 0) is 18.6 Å². The molecule has 0 amide bonds. The highest BCUT2D eigenvalue weighted by atomic mass is 16.4. The first kappa shape index (κ1) is 17.2. The summed E-state index contributed by atoms with van der Waals surface area (Å²) in [6.07, 6.45) is 1.55. The highest BCUT2D eigenvalue weighted by Crippen LogP contribution is 2.74. The lowest BCUT2D eigenvalue weighted by Crippen LogP contribution is -2.65. The molecule has 4 aliphatic carbocycles. The van der Waals surface area contributed by atoms with Gasteiger partial charge in [-0.15, -0.1) is 0 Å². The van der Waals surface area contributed by atoms with Gasteiger partial charge in [0.1, 0.15) is 11.2 Å². The molecule has 4 rings (SSSR count). The number of carbonyl (C=O) groups is 1. The average Bonchev–Trinajstić information content (AvgIpc) is 2.91. The molecule has 0 radical (unpaired) electrons. The van der Waals surface area contributed by atoms with Gasteiger partial charge in [0.25, 0.3) is 0 Å². The lowest BCUT2D eigenvalue weighted by atomic mass is 9.59. The number of hydrogen-bond donors (Lipinski definition) is 5. The molecule has 0 aromatic carbocycles. The minimum absolute atomic E-state index is 0.168. The Morgan fingerprint density at radius 3 is 2.36 bits per heavy atom. The van der Waals surface area contributed by atoms with E-state index in [0.29, 0.717) is 5.57 Å². The van der Waals surface area contributed by atoms with Crippen LogP contribution in [0, 0.1) is 29.1 Å². The van der Waals surface area contributed by atoms with Crippen LogP contribution >= 0.6 is 0 Å². The Labute approximate surface area is 146 Å². The summed E-state index contributed by atoms with van der Waals surface area (Å²) in [5.74, 6) is -3.59. The molecule has 2 fully saturated rings. The smallest absolute Gasteiger partial charge is 0.190 e. The van der Waals surface area contributed by atoms with Crippen LogP contribution in [0.15, 0.2) is 23.5 Å². The van der Waals surface area contributed by atoms with E-state index < -0.39 is 57.8 Å². The third kappa shape index (κ3) is 1.59. The third-order valence-corrected chi connectivity index (χ3v) is 7.75. The van der Waals surface area contributed by atoms with Crippen molar-refractivity contribution in [3.63, 3.8) is 0 Å². The minimum atomic E-state index is -1.93. The van der Waals surface area contributed by atoms with Gasteiger partial charge in [-0.2, -0.15) is 0 Å². The normalized spacial score (nSPS) is 56.2. The van der Waals surface area contributed by atoms with Gasteiger partial charge in [0, 0.05) is 35.5 Å². The second-order valence-electron chi connectivity index (χ2n) is 9.09. The third-order valence-electron chi connectivity index (χ3n) is 7.75. The van der Waals surface area contributed by atoms with Gasteiger partial charge in [0.05, 0.1) is 17.5 Å². The number of aliphatic hydroxyl groups excluding tert-OH is 2. The van der Waals surface area contributed by atoms with Crippen LogP contribution in [-0.4, -0.2) is 54.2 Å². The average molecular weight is 350 g/mol. The number of fused-ring (bicyclic) bond motifs is 5. The molecule has 0 heterocycles. The Bertz CT molecular complexity index is 738. The molecule has 4 aliphatic rings. The molecule has 0 aromatic rings. The molecule has 0 spiro atoms. The Balaban J connectivity index is 1.95. The maximum Gasteiger partial charge on any atom is 0.190 e. The summed E-state index contributed by atoms with van der Waals surface area (Å²) in [6, 6.07) is 0. The van der Waals surface area contributed by atoms with Gasteiger partial charge in [0.15, 0.2) is 5.78 Å². The highest BCUT2D eigenvalue weighted by Gasteiger charge is 2.84. The van der Waals surface area contributed by atoms with Crippen molar-refractivity contribution < 1.29 is 30.3 Å². The van der Waals surface area contributed by atoms with Gasteiger partial charge >= 0.3 is 0 Å². The minimum Gasteiger partial charge on any atom is -0.513 e. The first-order valence-corrected chi connectivity index (χ1v) is 8.82. The molecule has 6 nitrogen and oxygen atoms in total. The quantitative estimate of drug-likeness (QED) is 0.433. The summed E-state index contributed by atoms with van der Waals surface area (Å²) < 4.78 is 0. The molecule has 138 valence electrons. The van der Waals surface area contributed by atoms with Gasteiger partial charge in [0.2, 0.25) is 0 Å². The van der Waals surface area contributed by atoms with Crippen molar-refractivity contribution in [2.45, 2.75) is 57.0 Å². The Morgan fingerprint density at radius 2 is 1.76 bits per heavy atom. The number of Topliss-reactive ketones (excluding diaryl/α,β-unsaturated/α-hetero) is 1. The second kappa shape index (κ2) is 4.36. The van der Waals surface area contributed by atoms with Crippen molar-refractivity contribution in [3.05, 3.63) is 23.5 Å².